The molecule has 0 spiro atoms. The Hall–Kier alpha value is -0.870. The van der Waals surface area contributed by atoms with Crippen LogP contribution in [0.15, 0.2) is 28.7 Å². The highest BCUT2D eigenvalue weighted by molar-refractivity contribution is 9.10. The number of hydrogen-bond donors (Lipinski definition) is 1. The predicted octanol–water partition coefficient (Wildman–Crippen LogP) is 2.58. The average Bonchev–Trinajstić information content (AvgIpc) is 2.28. The SMILES string of the molecule is CC(NC(=O)[C@@H](C)N(C)C)c1ccc(Br)cc1. The Morgan fingerprint density at radius 2 is 1.76 bits per heavy atom. The summed E-state index contributed by atoms with van der Waals surface area (Å²) in [4.78, 5) is 13.8. The smallest absolute Gasteiger partial charge is 0.237 e. The van der Waals surface area contributed by atoms with Gasteiger partial charge in [0, 0.05) is 4.47 Å². The number of hydrogen-bond acceptors (Lipinski definition) is 2. The third kappa shape index (κ3) is 4.13. The molecular formula is C13H19BrN2O. The minimum Gasteiger partial charge on any atom is -0.348 e. The highest BCUT2D eigenvalue weighted by Crippen LogP contribution is 2.16. The first-order valence-electron chi connectivity index (χ1n) is 5.64. The minimum absolute atomic E-state index is 0.0259. The van der Waals surface area contributed by atoms with E-state index in [0.717, 1.165) is 10.0 Å². The van der Waals surface area contributed by atoms with Crippen LogP contribution in [0.2, 0.25) is 0 Å². The fraction of sp³-hybridized carbons (Fsp3) is 0.462. The highest BCUT2D eigenvalue weighted by atomic mass is 79.9. The summed E-state index contributed by atoms with van der Waals surface area (Å²) < 4.78 is 1.04. The molecule has 17 heavy (non-hydrogen) atoms. The number of nitrogens with zero attached hydrogens (tertiary/aromatic N) is 1. The first-order chi connectivity index (χ1) is 7.91. The van der Waals surface area contributed by atoms with Crippen LogP contribution in [0.25, 0.3) is 0 Å². The van der Waals surface area contributed by atoms with Crippen molar-refractivity contribution in [3.05, 3.63) is 34.3 Å². The van der Waals surface area contributed by atoms with E-state index >= 15 is 0 Å². The van der Waals surface area contributed by atoms with Gasteiger partial charge in [-0.2, -0.15) is 0 Å². The van der Waals surface area contributed by atoms with Gasteiger partial charge in [0.2, 0.25) is 5.91 Å². The van der Waals surface area contributed by atoms with Gasteiger partial charge in [0.05, 0.1) is 12.1 Å². The van der Waals surface area contributed by atoms with E-state index in [4.69, 9.17) is 0 Å². The molecule has 0 heterocycles. The second kappa shape index (κ2) is 6.17. The lowest BCUT2D eigenvalue weighted by atomic mass is 10.1. The van der Waals surface area contributed by atoms with Crippen LogP contribution in [-0.4, -0.2) is 30.9 Å². The monoisotopic (exact) mass is 298 g/mol. The summed E-state index contributed by atoms with van der Waals surface area (Å²) in [6.07, 6.45) is 0. The molecule has 1 rings (SSSR count). The van der Waals surface area contributed by atoms with Gasteiger partial charge in [0.1, 0.15) is 0 Å². The standard InChI is InChI=1S/C13H19BrN2O/c1-9(11-5-7-12(14)8-6-11)15-13(17)10(2)16(3)4/h5-10H,1-4H3,(H,15,17)/t9?,10-/m1/s1. The zero-order valence-electron chi connectivity index (χ0n) is 10.7. The lowest BCUT2D eigenvalue weighted by Gasteiger charge is -2.22. The molecule has 0 aromatic heterocycles. The maximum Gasteiger partial charge on any atom is 0.237 e. The molecule has 0 aliphatic heterocycles. The zero-order chi connectivity index (χ0) is 13.0. The van der Waals surface area contributed by atoms with E-state index in [2.05, 4.69) is 21.2 Å². The fourth-order valence-corrected chi connectivity index (χ4v) is 1.67. The summed E-state index contributed by atoms with van der Waals surface area (Å²) in [5.74, 6) is 0.0467. The number of carbonyl (C=O) groups is 1. The van der Waals surface area contributed by atoms with Crippen LogP contribution in [0.4, 0.5) is 0 Å². The Morgan fingerprint density at radius 3 is 2.24 bits per heavy atom. The summed E-state index contributed by atoms with van der Waals surface area (Å²) in [7, 11) is 3.79. The lowest BCUT2D eigenvalue weighted by molar-refractivity contribution is -0.125. The lowest BCUT2D eigenvalue weighted by Crippen LogP contribution is -2.42. The second-order valence-corrected chi connectivity index (χ2v) is 5.34. The first-order valence-corrected chi connectivity index (χ1v) is 6.43. The van der Waals surface area contributed by atoms with Crippen LogP contribution in [0, 0.1) is 0 Å². The van der Waals surface area contributed by atoms with E-state index < -0.39 is 0 Å². The van der Waals surface area contributed by atoms with Gasteiger partial charge < -0.3 is 5.32 Å². The number of amides is 1. The number of halogens is 1. The predicted molar refractivity (Wildman–Crippen MR) is 73.8 cm³/mol. The van der Waals surface area contributed by atoms with Crippen molar-refractivity contribution in [2.24, 2.45) is 0 Å². The molecule has 0 saturated carbocycles. The maximum atomic E-state index is 11.9. The largest absolute Gasteiger partial charge is 0.348 e. The molecule has 2 atom stereocenters. The topological polar surface area (TPSA) is 32.3 Å². The summed E-state index contributed by atoms with van der Waals surface area (Å²) in [5.41, 5.74) is 1.10. The molecule has 0 saturated heterocycles. The molecule has 1 aromatic rings. The van der Waals surface area contributed by atoms with Crippen molar-refractivity contribution < 1.29 is 4.79 Å². The van der Waals surface area contributed by atoms with Crippen molar-refractivity contribution in [2.45, 2.75) is 25.9 Å². The van der Waals surface area contributed by atoms with Crippen LogP contribution in [0.3, 0.4) is 0 Å². The number of rotatable bonds is 4. The maximum absolute atomic E-state index is 11.9. The van der Waals surface area contributed by atoms with E-state index in [0.29, 0.717) is 0 Å². The normalized spacial score (nSPS) is 14.5. The molecule has 1 unspecified atom stereocenters. The minimum atomic E-state index is -0.118. The second-order valence-electron chi connectivity index (χ2n) is 4.42. The van der Waals surface area contributed by atoms with Crippen molar-refractivity contribution in [1.29, 1.82) is 0 Å². The number of nitrogens with one attached hydrogen (secondary N) is 1. The van der Waals surface area contributed by atoms with E-state index in [9.17, 15) is 4.79 Å². The molecule has 0 aliphatic rings. The van der Waals surface area contributed by atoms with Gasteiger partial charge in [0.25, 0.3) is 0 Å². The van der Waals surface area contributed by atoms with Crippen LogP contribution < -0.4 is 5.32 Å². The molecule has 0 fully saturated rings. The van der Waals surface area contributed by atoms with Gasteiger partial charge in [-0.05, 0) is 45.6 Å². The average molecular weight is 299 g/mol. The summed E-state index contributed by atoms with van der Waals surface area (Å²) in [5, 5.41) is 3.00. The summed E-state index contributed by atoms with van der Waals surface area (Å²) in [6, 6.07) is 7.89. The third-order valence-electron chi connectivity index (χ3n) is 2.88. The quantitative estimate of drug-likeness (QED) is 0.927. The summed E-state index contributed by atoms with van der Waals surface area (Å²) in [6.45, 7) is 3.88. The Kier molecular flexibility index (Phi) is 5.15. The Morgan fingerprint density at radius 1 is 1.24 bits per heavy atom. The highest BCUT2D eigenvalue weighted by Gasteiger charge is 2.17. The molecule has 94 valence electrons. The van der Waals surface area contributed by atoms with Gasteiger partial charge in [-0.25, -0.2) is 0 Å². The van der Waals surface area contributed by atoms with Crippen LogP contribution >= 0.6 is 15.9 Å². The van der Waals surface area contributed by atoms with Crippen molar-refractivity contribution in [2.75, 3.05) is 14.1 Å². The van der Waals surface area contributed by atoms with Gasteiger partial charge >= 0.3 is 0 Å². The molecule has 3 nitrogen and oxygen atoms in total. The van der Waals surface area contributed by atoms with Crippen LogP contribution in [-0.2, 0) is 4.79 Å². The van der Waals surface area contributed by atoms with Gasteiger partial charge in [0.15, 0.2) is 0 Å². The van der Waals surface area contributed by atoms with Crippen molar-refractivity contribution >= 4 is 21.8 Å². The van der Waals surface area contributed by atoms with Crippen molar-refractivity contribution in [3.8, 4) is 0 Å². The number of carbonyl (C=O) groups excluding carboxylic acids is 1. The van der Waals surface area contributed by atoms with Gasteiger partial charge in [-0.1, -0.05) is 28.1 Å². The van der Waals surface area contributed by atoms with E-state index in [-0.39, 0.29) is 18.0 Å². The first kappa shape index (κ1) is 14.2. The van der Waals surface area contributed by atoms with Crippen LogP contribution in [0.1, 0.15) is 25.5 Å². The molecule has 1 amide bonds. The molecule has 1 aromatic carbocycles. The van der Waals surface area contributed by atoms with E-state index in [1.165, 1.54) is 0 Å². The van der Waals surface area contributed by atoms with Crippen molar-refractivity contribution in [1.82, 2.24) is 10.2 Å². The third-order valence-corrected chi connectivity index (χ3v) is 3.41. The molecule has 0 radical (unpaired) electrons. The Bertz CT molecular complexity index is 376. The molecule has 1 N–H and O–H groups in total. The fourth-order valence-electron chi connectivity index (χ4n) is 1.40. The van der Waals surface area contributed by atoms with Crippen LogP contribution in [0.5, 0.6) is 0 Å². The molecule has 0 bridgehead atoms. The van der Waals surface area contributed by atoms with E-state index in [1.54, 1.807) is 0 Å². The molecule has 4 heteroatoms. The Balaban J connectivity index is 2.63. The number of likely N-dealkylation sites (N-methyl/N-ethyl adjacent to an activating group) is 1. The molecular weight excluding hydrogens is 280 g/mol. The van der Waals surface area contributed by atoms with Gasteiger partial charge in [-0.15, -0.1) is 0 Å². The van der Waals surface area contributed by atoms with E-state index in [1.807, 2.05) is 57.1 Å². The Labute approximate surface area is 111 Å². The van der Waals surface area contributed by atoms with Crippen molar-refractivity contribution in [3.63, 3.8) is 0 Å². The molecule has 0 aliphatic carbocycles. The zero-order valence-corrected chi connectivity index (χ0v) is 12.3. The summed E-state index contributed by atoms with van der Waals surface area (Å²) >= 11 is 3.39. The number of benzene rings is 1. The van der Waals surface area contributed by atoms with Gasteiger partial charge in [-0.3, -0.25) is 9.69 Å².